The molecule has 3 nitrogen and oxygen atoms in total. The third kappa shape index (κ3) is 4.75. The van der Waals surface area contributed by atoms with Crippen molar-refractivity contribution in [1.29, 1.82) is 0 Å². The van der Waals surface area contributed by atoms with Crippen LogP contribution in [-0.4, -0.2) is 39.4 Å². The molecule has 0 heterocycles. The van der Waals surface area contributed by atoms with Crippen LogP contribution in [-0.2, 0) is 4.74 Å². The number of para-hydroxylation sites is 1. The fourth-order valence-electron chi connectivity index (χ4n) is 1.99. The Morgan fingerprint density at radius 3 is 2.47 bits per heavy atom. The Kier molecular flexibility index (Phi) is 6.67. The van der Waals surface area contributed by atoms with Crippen molar-refractivity contribution in [2.45, 2.75) is 19.9 Å². The first-order valence-corrected chi connectivity index (χ1v) is 6.34. The molecule has 0 bridgehead atoms. The monoisotopic (exact) mass is 236 g/mol. The molecule has 0 radical (unpaired) electrons. The summed E-state index contributed by atoms with van der Waals surface area (Å²) in [6.07, 6.45) is 0. The maximum Gasteiger partial charge on any atom is 0.0633 e. The van der Waals surface area contributed by atoms with E-state index < -0.39 is 0 Å². The van der Waals surface area contributed by atoms with Gasteiger partial charge in [-0.25, -0.2) is 0 Å². The Bertz CT molecular complexity index is 284. The van der Waals surface area contributed by atoms with Gasteiger partial charge >= 0.3 is 0 Å². The topological polar surface area (TPSA) is 24.5 Å². The Morgan fingerprint density at radius 2 is 1.94 bits per heavy atom. The minimum absolute atomic E-state index is 0.380. The van der Waals surface area contributed by atoms with Gasteiger partial charge in [-0.05, 0) is 25.6 Å². The van der Waals surface area contributed by atoms with Crippen LogP contribution in [0.1, 0.15) is 13.8 Å². The first kappa shape index (κ1) is 14.0. The van der Waals surface area contributed by atoms with Gasteiger partial charge in [0.05, 0.1) is 6.61 Å². The molecule has 0 aromatic heterocycles. The van der Waals surface area contributed by atoms with Gasteiger partial charge in [0.25, 0.3) is 0 Å². The molecule has 1 aromatic rings. The van der Waals surface area contributed by atoms with Crippen molar-refractivity contribution >= 4 is 5.69 Å². The largest absolute Gasteiger partial charge is 0.383 e. The molecule has 0 aliphatic rings. The number of nitrogens with zero attached hydrogens (tertiary/aromatic N) is 1. The molecule has 0 fully saturated rings. The van der Waals surface area contributed by atoms with Crippen molar-refractivity contribution in [2.75, 3.05) is 38.3 Å². The van der Waals surface area contributed by atoms with E-state index in [9.17, 15) is 0 Å². The average molecular weight is 236 g/mol. The van der Waals surface area contributed by atoms with Gasteiger partial charge in [-0.1, -0.05) is 25.1 Å². The van der Waals surface area contributed by atoms with E-state index in [1.54, 1.807) is 7.11 Å². The maximum atomic E-state index is 5.25. The van der Waals surface area contributed by atoms with E-state index in [2.05, 4.69) is 48.3 Å². The van der Waals surface area contributed by atoms with E-state index >= 15 is 0 Å². The molecule has 96 valence electrons. The molecular weight excluding hydrogens is 212 g/mol. The van der Waals surface area contributed by atoms with Gasteiger partial charge in [0, 0.05) is 31.9 Å². The van der Waals surface area contributed by atoms with Gasteiger partial charge in [-0.15, -0.1) is 0 Å². The third-order valence-corrected chi connectivity index (χ3v) is 2.80. The first-order valence-electron chi connectivity index (χ1n) is 6.34. The zero-order valence-electron chi connectivity index (χ0n) is 11.1. The fourth-order valence-corrected chi connectivity index (χ4v) is 1.99. The number of ether oxygens (including phenoxy) is 1. The second kappa shape index (κ2) is 8.09. The Balaban J connectivity index is 2.61. The summed E-state index contributed by atoms with van der Waals surface area (Å²) < 4.78 is 5.25. The Morgan fingerprint density at radius 1 is 1.24 bits per heavy atom. The van der Waals surface area contributed by atoms with Crippen LogP contribution in [0.15, 0.2) is 30.3 Å². The number of hydrogen-bond acceptors (Lipinski definition) is 3. The highest BCUT2D eigenvalue weighted by atomic mass is 16.5. The van der Waals surface area contributed by atoms with E-state index in [1.165, 1.54) is 5.69 Å². The number of methoxy groups -OCH3 is 1. The van der Waals surface area contributed by atoms with Crippen LogP contribution in [0, 0.1) is 0 Å². The summed E-state index contributed by atoms with van der Waals surface area (Å²) >= 11 is 0. The number of hydrogen-bond donors (Lipinski definition) is 1. The molecule has 1 N–H and O–H groups in total. The molecule has 1 aromatic carbocycles. The van der Waals surface area contributed by atoms with Crippen molar-refractivity contribution in [3.8, 4) is 0 Å². The van der Waals surface area contributed by atoms with Gasteiger partial charge in [0.1, 0.15) is 0 Å². The smallest absolute Gasteiger partial charge is 0.0633 e. The van der Waals surface area contributed by atoms with Crippen LogP contribution in [0.3, 0.4) is 0 Å². The molecule has 0 amide bonds. The first-order chi connectivity index (χ1) is 8.31. The number of likely N-dealkylation sites (N-methyl/N-ethyl adjacent to an activating group) is 2. The lowest BCUT2D eigenvalue weighted by atomic mass is 10.2. The summed E-state index contributed by atoms with van der Waals surface area (Å²) in [6, 6.07) is 10.9. The molecule has 0 saturated carbocycles. The van der Waals surface area contributed by atoms with E-state index in [4.69, 9.17) is 4.74 Å². The van der Waals surface area contributed by atoms with Crippen molar-refractivity contribution in [3.05, 3.63) is 30.3 Å². The summed E-state index contributed by atoms with van der Waals surface area (Å²) in [5, 5.41) is 3.45. The molecule has 0 aliphatic carbocycles. The standard InChI is InChI=1S/C14H24N2O/c1-4-15-13(12-17-3)11-16(5-2)14-9-7-6-8-10-14/h6-10,13,15H,4-5,11-12H2,1-3H3. The quantitative estimate of drug-likeness (QED) is 0.748. The molecule has 0 spiro atoms. The molecule has 1 unspecified atom stereocenters. The number of anilines is 1. The average Bonchev–Trinajstić information content (AvgIpc) is 2.37. The molecule has 3 heteroatoms. The zero-order chi connectivity index (χ0) is 12.5. The highest BCUT2D eigenvalue weighted by Crippen LogP contribution is 2.13. The summed E-state index contributed by atoms with van der Waals surface area (Å²) in [5.41, 5.74) is 1.27. The highest BCUT2D eigenvalue weighted by molar-refractivity contribution is 5.45. The SMILES string of the molecule is CCNC(COC)CN(CC)c1ccccc1. The lowest BCUT2D eigenvalue weighted by molar-refractivity contribution is 0.168. The summed E-state index contributed by atoms with van der Waals surface area (Å²) in [6.45, 7) is 8.01. The Hall–Kier alpha value is -1.06. The van der Waals surface area contributed by atoms with E-state index in [0.29, 0.717) is 6.04 Å². The molecule has 0 aliphatic heterocycles. The summed E-state index contributed by atoms with van der Waals surface area (Å²) in [5.74, 6) is 0. The van der Waals surface area contributed by atoms with Crippen molar-refractivity contribution in [2.24, 2.45) is 0 Å². The lowest BCUT2D eigenvalue weighted by Crippen LogP contribution is -2.43. The Labute approximate surface area is 105 Å². The maximum absolute atomic E-state index is 5.25. The second-order valence-electron chi connectivity index (χ2n) is 4.08. The van der Waals surface area contributed by atoms with E-state index in [0.717, 1.165) is 26.2 Å². The van der Waals surface area contributed by atoms with Crippen LogP contribution >= 0.6 is 0 Å². The predicted octanol–water partition coefficient (Wildman–Crippen LogP) is 2.14. The summed E-state index contributed by atoms with van der Waals surface area (Å²) in [7, 11) is 1.75. The van der Waals surface area contributed by atoms with E-state index in [1.807, 2.05) is 6.07 Å². The summed E-state index contributed by atoms with van der Waals surface area (Å²) in [4.78, 5) is 2.37. The molecule has 1 rings (SSSR count). The minimum Gasteiger partial charge on any atom is -0.383 e. The van der Waals surface area contributed by atoms with Crippen LogP contribution in [0.2, 0.25) is 0 Å². The number of rotatable bonds is 8. The van der Waals surface area contributed by atoms with Crippen molar-refractivity contribution in [1.82, 2.24) is 5.32 Å². The molecule has 17 heavy (non-hydrogen) atoms. The number of nitrogens with one attached hydrogen (secondary N) is 1. The lowest BCUT2D eigenvalue weighted by Gasteiger charge is -2.28. The van der Waals surface area contributed by atoms with Gasteiger partial charge in [0.2, 0.25) is 0 Å². The van der Waals surface area contributed by atoms with Crippen molar-refractivity contribution in [3.63, 3.8) is 0 Å². The van der Waals surface area contributed by atoms with Gasteiger partial charge in [-0.2, -0.15) is 0 Å². The molecule has 1 atom stereocenters. The van der Waals surface area contributed by atoms with Gasteiger partial charge in [0.15, 0.2) is 0 Å². The zero-order valence-corrected chi connectivity index (χ0v) is 11.1. The van der Waals surface area contributed by atoms with Crippen LogP contribution in [0.4, 0.5) is 5.69 Å². The van der Waals surface area contributed by atoms with Crippen LogP contribution in [0.25, 0.3) is 0 Å². The van der Waals surface area contributed by atoms with E-state index in [-0.39, 0.29) is 0 Å². The molecular formula is C14H24N2O. The van der Waals surface area contributed by atoms with Gasteiger partial charge < -0.3 is 15.0 Å². The minimum atomic E-state index is 0.380. The molecule has 0 saturated heterocycles. The van der Waals surface area contributed by atoms with Crippen molar-refractivity contribution < 1.29 is 4.74 Å². The van der Waals surface area contributed by atoms with Gasteiger partial charge in [-0.3, -0.25) is 0 Å². The van der Waals surface area contributed by atoms with Crippen LogP contribution in [0.5, 0.6) is 0 Å². The van der Waals surface area contributed by atoms with Crippen LogP contribution < -0.4 is 10.2 Å². The predicted molar refractivity (Wildman–Crippen MR) is 73.7 cm³/mol. The number of benzene rings is 1. The second-order valence-corrected chi connectivity index (χ2v) is 4.08. The highest BCUT2D eigenvalue weighted by Gasteiger charge is 2.12. The third-order valence-electron chi connectivity index (χ3n) is 2.80. The fraction of sp³-hybridized carbons (Fsp3) is 0.571. The normalized spacial score (nSPS) is 12.4.